The van der Waals surface area contributed by atoms with Gasteiger partial charge in [0.25, 0.3) is 0 Å². The molecular formula is C16H25N3O2S. The molecule has 0 bridgehead atoms. The highest BCUT2D eigenvalue weighted by atomic mass is 32.2. The predicted molar refractivity (Wildman–Crippen MR) is 86.9 cm³/mol. The van der Waals surface area contributed by atoms with Crippen molar-refractivity contribution in [3.05, 3.63) is 30.1 Å². The van der Waals surface area contributed by atoms with E-state index < -0.39 is 10.0 Å². The van der Waals surface area contributed by atoms with Crippen LogP contribution in [0.15, 0.2) is 24.5 Å². The van der Waals surface area contributed by atoms with Crippen molar-refractivity contribution in [2.24, 2.45) is 0 Å². The normalized spacial score (nSPS) is 28.0. The third-order valence-corrected chi connectivity index (χ3v) is 6.32. The maximum Gasteiger partial charge on any atom is 0.211 e. The first-order valence-corrected chi connectivity index (χ1v) is 9.94. The lowest BCUT2D eigenvalue weighted by Crippen LogP contribution is -2.61. The van der Waals surface area contributed by atoms with Gasteiger partial charge in [0.15, 0.2) is 0 Å². The van der Waals surface area contributed by atoms with Crippen LogP contribution in [0.4, 0.5) is 0 Å². The molecule has 1 aromatic heterocycles. The van der Waals surface area contributed by atoms with Crippen molar-refractivity contribution in [2.45, 2.75) is 44.2 Å². The standard InChI is InChI=1S/C16H25N3O2S/c1-22(20,21)19-11-3-2-7-16(19)8-5-10-18(14-16)13-15-6-4-9-17-12-15/h4,6,9,12H,2-3,5,7-8,10-11,13-14H2,1H3/t16-/m0/s1. The number of piperidine rings is 2. The molecule has 0 amide bonds. The number of aromatic nitrogens is 1. The van der Waals surface area contributed by atoms with Gasteiger partial charge in [-0.2, -0.15) is 4.31 Å². The Morgan fingerprint density at radius 3 is 2.77 bits per heavy atom. The van der Waals surface area contributed by atoms with Gasteiger partial charge in [-0.3, -0.25) is 9.88 Å². The van der Waals surface area contributed by atoms with Gasteiger partial charge in [-0.05, 0) is 43.9 Å². The summed E-state index contributed by atoms with van der Waals surface area (Å²) in [4.78, 5) is 6.57. The summed E-state index contributed by atoms with van der Waals surface area (Å²) in [6.07, 6.45) is 10.2. The lowest BCUT2D eigenvalue weighted by Gasteiger charge is -2.51. The Morgan fingerprint density at radius 1 is 1.23 bits per heavy atom. The first kappa shape index (κ1) is 15.9. The first-order valence-electron chi connectivity index (χ1n) is 8.09. The third-order valence-electron chi connectivity index (χ3n) is 4.95. The van der Waals surface area contributed by atoms with Crippen LogP contribution in [0.25, 0.3) is 0 Å². The highest BCUT2D eigenvalue weighted by molar-refractivity contribution is 7.88. The van der Waals surface area contributed by atoms with E-state index in [1.54, 1.807) is 10.5 Å². The molecule has 2 aliphatic rings. The van der Waals surface area contributed by atoms with Crippen LogP contribution in [0.1, 0.15) is 37.7 Å². The summed E-state index contributed by atoms with van der Waals surface area (Å²) in [5.41, 5.74) is 1.01. The minimum Gasteiger partial charge on any atom is -0.297 e. The first-order chi connectivity index (χ1) is 10.5. The number of nitrogens with zero attached hydrogens (tertiary/aromatic N) is 3. The molecule has 0 radical (unpaired) electrons. The summed E-state index contributed by atoms with van der Waals surface area (Å²) in [6, 6.07) is 4.04. The molecule has 5 nitrogen and oxygen atoms in total. The summed E-state index contributed by atoms with van der Waals surface area (Å²) in [6.45, 7) is 3.41. The molecule has 0 saturated carbocycles. The van der Waals surface area contributed by atoms with E-state index in [9.17, 15) is 8.42 Å². The van der Waals surface area contributed by atoms with E-state index >= 15 is 0 Å². The van der Waals surface area contributed by atoms with Gasteiger partial charge in [-0.15, -0.1) is 0 Å². The molecule has 0 aromatic carbocycles. The largest absolute Gasteiger partial charge is 0.297 e. The number of rotatable bonds is 3. The smallest absolute Gasteiger partial charge is 0.211 e. The molecule has 2 aliphatic heterocycles. The quantitative estimate of drug-likeness (QED) is 0.852. The van der Waals surface area contributed by atoms with Crippen molar-refractivity contribution in [3.63, 3.8) is 0 Å². The molecule has 2 saturated heterocycles. The fourth-order valence-electron chi connectivity index (χ4n) is 4.09. The molecule has 3 heterocycles. The Labute approximate surface area is 133 Å². The Kier molecular flexibility index (Phi) is 4.52. The van der Waals surface area contributed by atoms with Gasteiger partial charge in [0.05, 0.1) is 6.26 Å². The minimum atomic E-state index is -3.14. The molecule has 1 atom stereocenters. The second-order valence-corrected chi connectivity index (χ2v) is 8.60. The summed E-state index contributed by atoms with van der Waals surface area (Å²) in [5, 5.41) is 0. The molecular weight excluding hydrogens is 298 g/mol. The Morgan fingerprint density at radius 2 is 2.05 bits per heavy atom. The van der Waals surface area contributed by atoms with Crippen LogP contribution in [0.2, 0.25) is 0 Å². The number of sulfonamides is 1. The summed E-state index contributed by atoms with van der Waals surface area (Å²) in [5.74, 6) is 0. The molecule has 1 aromatic rings. The number of hydrogen-bond donors (Lipinski definition) is 0. The topological polar surface area (TPSA) is 53.5 Å². The SMILES string of the molecule is CS(=O)(=O)N1CCCC[C@@]12CCCN(Cc1cccnc1)C2. The number of hydrogen-bond acceptors (Lipinski definition) is 4. The molecule has 0 N–H and O–H groups in total. The van der Waals surface area contributed by atoms with E-state index in [0.717, 1.165) is 51.7 Å². The van der Waals surface area contributed by atoms with Crippen LogP contribution in [-0.2, 0) is 16.6 Å². The summed E-state index contributed by atoms with van der Waals surface area (Å²) < 4.78 is 26.2. The van der Waals surface area contributed by atoms with E-state index in [4.69, 9.17) is 0 Å². The second kappa shape index (κ2) is 6.26. The van der Waals surface area contributed by atoms with Crippen LogP contribution in [-0.4, -0.2) is 54.0 Å². The zero-order valence-electron chi connectivity index (χ0n) is 13.2. The fourth-order valence-corrected chi connectivity index (χ4v) is 5.49. The lowest BCUT2D eigenvalue weighted by molar-refractivity contribution is 0.0336. The summed E-state index contributed by atoms with van der Waals surface area (Å²) in [7, 11) is -3.14. The van der Waals surface area contributed by atoms with Crippen molar-refractivity contribution in [3.8, 4) is 0 Å². The Balaban J connectivity index is 1.78. The van der Waals surface area contributed by atoms with Gasteiger partial charge in [-0.1, -0.05) is 12.5 Å². The van der Waals surface area contributed by atoms with Crippen LogP contribution in [0.3, 0.4) is 0 Å². The molecule has 6 heteroatoms. The average molecular weight is 323 g/mol. The van der Waals surface area contributed by atoms with Crippen molar-refractivity contribution in [1.29, 1.82) is 0 Å². The van der Waals surface area contributed by atoms with Gasteiger partial charge in [0.2, 0.25) is 10.0 Å². The highest BCUT2D eigenvalue weighted by Crippen LogP contribution is 2.38. The molecule has 3 rings (SSSR count). The van der Waals surface area contributed by atoms with E-state index in [2.05, 4.69) is 16.0 Å². The minimum absolute atomic E-state index is 0.188. The molecule has 122 valence electrons. The molecule has 2 fully saturated rings. The van der Waals surface area contributed by atoms with E-state index in [-0.39, 0.29) is 5.54 Å². The summed E-state index contributed by atoms with van der Waals surface area (Å²) >= 11 is 0. The van der Waals surface area contributed by atoms with Crippen LogP contribution in [0.5, 0.6) is 0 Å². The van der Waals surface area contributed by atoms with E-state index in [0.29, 0.717) is 6.54 Å². The second-order valence-electron chi connectivity index (χ2n) is 6.69. The lowest BCUT2D eigenvalue weighted by atomic mass is 9.81. The molecule has 0 unspecified atom stereocenters. The Hall–Kier alpha value is -0.980. The highest BCUT2D eigenvalue weighted by Gasteiger charge is 2.45. The molecule has 1 spiro atoms. The fraction of sp³-hybridized carbons (Fsp3) is 0.688. The van der Waals surface area contributed by atoms with Gasteiger partial charge in [0.1, 0.15) is 0 Å². The van der Waals surface area contributed by atoms with Crippen molar-refractivity contribution >= 4 is 10.0 Å². The van der Waals surface area contributed by atoms with Gasteiger partial charge in [-0.25, -0.2) is 8.42 Å². The van der Waals surface area contributed by atoms with Crippen LogP contribution in [0, 0.1) is 0 Å². The zero-order chi connectivity index (χ0) is 15.6. The molecule has 22 heavy (non-hydrogen) atoms. The number of likely N-dealkylation sites (tertiary alicyclic amines) is 1. The van der Waals surface area contributed by atoms with Gasteiger partial charge < -0.3 is 0 Å². The van der Waals surface area contributed by atoms with Crippen LogP contribution >= 0.6 is 0 Å². The Bertz CT molecular complexity index is 601. The average Bonchev–Trinajstić information content (AvgIpc) is 2.47. The van der Waals surface area contributed by atoms with Crippen molar-refractivity contribution in [1.82, 2.24) is 14.2 Å². The third kappa shape index (κ3) is 3.34. The maximum absolute atomic E-state index is 12.2. The maximum atomic E-state index is 12.2. The van der Waals surface area contributed by atoms with E-state index in [1.807, 2.05) is 12.3 Å². The van der Waals surface area contributed by atoms with Crippen molar-refractivity contribution in [2.75, 3.05) is 25.9 Å². The van der Waals surface area contributed by atoms with Gasteiger partial charge >= 0.3 is 0 Å². The number of pyridine rings is 1. The van der Waals surface area contributed by atoms with Crippen LogP contribution < -0.4 is 0 Å². The monoisotopic (exact) mass is 323 g/mol. The van der Waals surface area contributed by atoms with E-state index in [1.165, 1.54) is 11.8 Å². The zero-order valence-corrected chi connectivity index (χ0v) is 14.1. The van der Waals surface area contributed by atoms with Gasteiger partial charge in [0, 0.05) is 37.6 Å². The molecule has 0 aliphatic carbocycles. The predicted octanol–water partition coefficient (Wildman–Crippen LogP) is 1.86. The van der Waals surface area contributed by atoms with Crippen molar-refractivity contribution < 1.29 is 8.42 Å².